The molecule has 0 bridgehead atoms. The molecule has 3 N–H and O–H groups in total. The van der Waals surface area contributed by atoms with E-state index in [-0.39, 0.29) is 6.04 Å². The molecule has 2 rings (SSSR count). The van der Waals surface area contributed by atoms with E-state index in [9.17, 15) is 0 Å². The standard InChI is InChI=1S/C13H18N4O3/c1-8(14)12-16-17-13(20-12)15-7-9-4-5-10(18-2)11(6-9)19-3/h4-6,8H,7,14H2,1-3H3,(H,15,17). The lowest BCUT2D eigenvalue weighted by Crippen LogP contribution is -2.04. The fraction of sp³-hybridized carbons (Fsp3) is 0.385. The van der Waals surface area contributed by atoms with Crippen LogP contribution in [0.3, 0.4) is 0 Å². The van der Waals surface area contributed by atoms with E-state index >= 15 is 0 Å². The second kappa shape index (κ2) is 6.25. The number of rotatable bonds is 6. The van der Waals surface area contributed by atoms with Gasteiger partial charge in [0, 0.05) is 6.54 Å². The van der Waals surface area contributed by atoms with Crippen molar-refractivity contribution in [3.8, 4) is 11.5 Å². The van der Waals surface area contributed by atoms with Crippen molar-refractivity contribution >= 4 is 6.01 Å². The molecule has 0 saturated carbocycles. The Labute approximate surface area is 117 Å². The lowest BCUT2D eigenvalue weighted by molar-refractivity contribution is 0.354. The highest BCUT2D eigenvalue weighted by Gasteiger charge is 2.10. The molecule has 0 radical (unpaired) electrons. The largest absolute Gasteiger partial charge is 0.493 e. The van der Waals surface area contributed by atoms with E-state index in [1.165, 1.54) is 0 Å². The van der Waals surface area contributed by atoms with Gasteiger partial charge >= 0.3 is 6.01 Å². The topological polar surface area (TPSA) is 95.4 Å². The van der Waals surface area contributed by atoms with Crippen LogP contribution < -0.4 is 20.5 Å². The Kier molecular flexibility index (Phi) is 4.41. The van der Waals surface area contributed by atoms with Gasteiger partial charge in [-0.05, 0) is 24.6 Å². The van der Waals surface area contributed by atoms with E-state index in [4.69, 9.17) is 19.6 Å². The molecule has 0 amide bonds. The molecular weight excluding hydrogens is 260 g/mol. The predicted octanol–water partition coefficient (Wildman–Crippen LogP) is 1.72. The van der Waals surface area contributed by atoms with E-state index in [2.05, 4.69) is 15.5 Å². The van der Waals surface area contributed by atoms with Crippen LogP contribution in [0.1, 0.15) is 24.4 Å². The minimum Gasteiger partial charge on any atom is -0.493 e. The molecule has 1 unspecified atom stereocenters. The number of aromatic nitrogens is 2. The van der Waals surface area contributed by atoms with Crippen molar-refractivity contribution in [2.75, 3.05) is 19.5 Å². The number of nitrogens with one attached hydrogen (secondary N) is 1. The van der Waals surface area contributed by atoms with Crippen molar-refractivity contribution < 1.29 is 13.9 Å². The van der Waals surface area contributed by atoms with E-state index in [1.54, 1.807) is 21.1 Å². The van der Waals surface area contributed by atoms with Gasteiger partial charge in [0.2, 0.25) is 5.89 Å². The van der Waals surface area contributed by atoms with Gasteiger partial charge in [-0.1, -0.05) is 11.2 Å². The number of ether oxygens (including phenoxy) is 2. The van der Waals surface area contributed by atoms with Gasteiger partial charge in [-0.3, -0.25) is 0 Å². The van der Waals surface area contributed by atoms with Crippen LogP contribution in [0.25, 0.3) is 0 Å². The summed E-state index contributed by atoms with van der Waals surface area (Å²) in [7, 11) is 3.20. The molecule has 0 spiro atoms. The highest BCUT2D eigenvalue weighted by molar-refractivity contribution is 5.43. The molecule has 1 atom stereocenters. The van der Waals surface area contributed by atoms with Crippen molar-refractivity contribution in [3.63, 3.8) is 0 Å². The molecule has 1 heterocycles. The van der Waals surface area contributed by atoms with Crippen molar-refractivity contribution in [2.24, 2.45) is 5.73 Å². The zero-order chi connectivity index (χ0) is 14.5. The first kappa shape index (κ1) is 14.1. The quantitative estimate of drug-likeness (QED) is 0.830. The summed E-state index contributed by atoms with van der Waals surface area (Å²) in [5.74, 6) is 1.77. The van der Waals surface area contributed by atoms with E-state index in [0.29, 0.717) is 29.9 Å². The van der Waals surface area contributed by atoms with Gasteiger partial charge in [-0.15, -0.1) is 5.10 Å². The molecule has 108 valence electrons. The van der Waals surface area contributed by atoms with Crippen LogP contribution in [-0.2, 0) is 6.54 Å². The average molecular weight is 278 g/mol. The van der Waals surface area contributed by atoms with Crippen LogP contribution in [0.15, 0.2) is 22.6 Å². The molecule has 7 nitrogen and oxygen atoms in total. The van der Waals surface area contributed by atoms with E-state index in [0.717, 1.165) is 5.56 Å². The highest BCUT2D eigenvalue weighted by atomic mass is 16.5. The van der Waals surface area contributed by atoms with Gasteiger partial charge in [-0.2, -0.15) is 0 Å². The number of hydrogen-bond donors (Lipinski definition) is 2. The first-order valence-electron chi connectivity index (χ1n) is 6.17. The number of methoxy groups -OCH3 is 2. The molecule has 1 aromatic carbocycles. The summed E-state index contributed by atoms with van der Waals surface area (Å²) in [6.07, 6.45) is 0. The second-order valence-electron chi connectivity index (χ2n) is 4.28. The molecule has 0 saturated heterocycles. The number of nitrogens with two attached hydrogens (primary N) is 1. The Morgan fingerprint density at radius 2 is 2.00 bits per heavy atom. The molecule has 0 aliphatic carbocycles. The van der Waals surface area contributed by atoms with Crippen LogP contribution in [-0.4, -0.2) is 24.4 Å². The Morgan fingerprint density at radius 1 is 1.25 bits per heavy atom. The molecular formula is C13H18N4O3. The van der Waals surface area contributed by atoms with Crippen LogP contribution in [0.4, 0.5) is 6.01 Å². The first-order valence-corrected chi connectivity index (χ1v) is 6.17. The Hall–Kier alpha value is -2.28. The highest BCUT2D eigenvalue weighted by Crippen LogP contribution is 2.27. The van der Waals surface area contributed by atoms with Gasteiger partial charge in [0.25, 0.3) is 0 Å². The molecule has 2 aromatic rings. The average Bonchev–Trinajstić information content (AvgIpc) is 2.94. The fourth-order valence-electron chi connectivity index (χ4n) is 1.66. The van der Waals surface area contributed by atoms with Crippen molar-refractivity contribution in [3.05, 3.63) is 29.7 Å². The monoisotopic (exact) mass is 278 g/mol. The fourth-order valence-corrected chi connectivity index (χ4v) is 1.66. The minimum absolute atomic E-state index is 0.279. The van der Waals surface area contributed by atoms with Gasteiger partial charge in [0.15, 0.2) is 11.5 Å². The predicted molar refractivity (Wildman–Crippen MR) is 73.8 cm³/mol. The normalized spacial score (nSPS) is 12.0. The maximum atomic E-state index is 5.65. The summed E-state index contributed by atoms with van der Waals surface area (Å²) in [6.45, 7) is 2.31. The summed E-state index contributed by atoms with van der Waals surface area (Å²) in [5, 5.41) is 10.7. The number of benzene rings is 1. The van der Waals surface area contributed by atoms with Crippen LogP contribution >= 0.6 is 0 Å². The minimum atomic E-state index is -0.279. The number of anilines is 1. The third-order valence-corrected chi connectivity index (χ3v) is 2.72. The molecule has 20 heavy (non-hydrogen) atoms. The second-order valence-corrected chi connectivity index (χ2v) is 4.28. The summed E-state index contributed by atoms with van der Waals surface area (Å²) < 4.78 is 15.8. The van der Waals surface area contributed by atoms with Crippen LogP contribution in [0.2, 0.25) is 0 Å². The smallest absolute Gasteiger partial charge is 0.315 e. The molecule has 0 aliphatic heterocycles. The number of hydrogen-bond acceptors (Lipinski definition) is 7. The van der Waals surface area contributed by atoms with Gasteiger partial charge in [0.1, 0.15) is 0 Å². The van der Waals surface area contributed by atoms with Crippen molar-refractivity contribution in [2.45, 2.75) is 19.5 Å². The Morgan fingerprint density at radius 3 is 2.60 bits per heavy atom. The zero-order valence-electron chi connectivity index (χ0n) is 11.7. The summed E-state index contributed by atoms with van der Waals surface area (Å²) >= 11 is 0. The van der Waals surface area contributed by atoms with E-state index < -0.39 is 0 Å². The van der Waals surface area contributed by atoms with Crippen LogP contribution in [0.5, 0.6) is 11.5 Å². The van der Waals surface area contributed by atoms with Gasteiger partial charge in [0.05, 0.1) is 20.3 Å². The third-order valence-electron chi connectivity index (χ3n) is 2.72. The Bertz CT molecular complexity index is 568. The van der Waals surface area contributed by atoms with Gasteiger partial charge < -0.3 is 24.9 Å². The molecule has 0 fully saturated rings. The zero-order valence-corrected chi connectivity index (χ0v) is 11.7. The molecule has 1 aromatic heterocycles. The maximum absolute atomic E-state index is 5.65. The lowest BCUT2D eigenvalue weighted by Gasteiger charge is -2.09. The third kappa shape index (κ3) is 3.18. The Balaban J connectivity index is 2.03. The summed E-state index contributed by atoms with van der Waals surface area (Å²) in [5.41, 5.74) is 6.65. The molecule has 7 heteroatoms. The van der Waals surface area contributed by atoms with Gasteiger partial charge in [-0.25, -0.2) is 0 Å². The first-order chi connectivity index (χ1) is 9.63. The lowest BCUT2D eigenvalue weighted by atomic mass is 10.2. The summed E-state index contributed by atoms with van der Waals surface area (Å²) in [6, 6.07) is 5.72. The van der Waals surface area contributed by atoms with Crippen molar-refractivity contribution in [1.29, 1.82) is 0 Å². The van der Waals surface area contributed by atoms with E-state index in [1.807, 2.05) is 18.2 Å². The van der Waals surface area contributed by atoms with Crippen molar-refractivity contribution in [1.82, 2.24) is 10.2 Å². The SMILES string of the molecule is COc1ccc(CNc2nnc(C(C)N)o2)cc1OC. The van der Waals surface area contributed by atoms with Crippen LogP contribution in [0, 0.1) is 0 Å². The summed E-state index contributed by atoms with van der Waals surface area (Å²) in [4.78, 5) is 0. The maximum Gasteiger partial charge on any atom is 0.315 e. The molecule has 0 aliphatic rings. The number of nitrogens with zero attached hydrogens (tertiary/aromatic N) is 2.